The Bertz CT molecular complexity index is 1870. The third kappa shape index (κ3) is 7.46. The van der Waals surface area contributed by atoms with Crippen LogP contribution in [0.1, 0.15) is 17.5 Å². The molecule has 14 heteroatoms. The van der Waals surface area contributed by atoms with Gasteiger partial charge >= 0.3 is 5.97 Å². The van der Waals surface area contributed by atoms with Gasteiger partial charge in [0.1, 0.15) is 28.3 Å². The standard InChI is InChI=1S/C29H25Cl2FN4O5S2/c30-19-7-8-25(41-26-13-22(32)27(12-21(26)31)43(39,40)36-28-15-42-16-35-28)17(10-19)4-3-9-33-24(29(37)38)11-18-14-34-23-6-2-1-5-20(18)23/h1-2,5-8,10,12-16,24,33-34,36H,3-4,9,11H2,(H,37,38)/t24-/m0/s1. The Morgan fingerprint density at radius 3 is 2.70 bits per heavy atom. The third-order valence-corrected chi connectivity index (χ3v) is 9.09. The summed E-state index contributed by atoms with van der Waals surface area (Å²) in [6, 6.07) is 13.7. The molecule has 5 aromatic rings. The number of aliphatic carboxylic acids is 1. The summed E-state index contributed by atoms with van der Waals surface area (Å²) < 4.78 is 48.4. The SMILES string of the molecule is O=C(O)[C@H](Cc1c[nH]c2ccccc12)NCCCc1cc(Cl)ccc1Oc1cc(F)c(S(=O)(=O)Nc2cscn2)cc1Cl. The van der Waals surface area contributed by atoms with Gasteiger partial charge in [0.05, 0.1) is 10.5 Å². The number of ether oxygens (including phenoxy) is 1. The molecular formula is C29H25Cl2FN4O5S2. The topological polar surface area (TPSA) is 133 Å². The number of benzene rings is 3. The number of halogens is 3. The van der Waals surface area contributed by atoms with E-state index >= 15 is 0 Å². The van der Waals surface area contributed by atoms with E-state index in [1.165, 1.54) is 22.2 Å². The van der Waals surface area contributed by atoms with Gasteiger partial charge in [-0.2, -0.15) is 0 Å². The lowest BCUT2D eigenvalue weighted by molar-refractivity contribution is -0.139. The molecule has 0 saturated carbocycles. The predicted octanol–water partition coefficient (Wildman–Crippen LogP) is 6.88. The maximum Gasteiger partial charge on any atom is 0.321 e. The first kappa shape index (κ1) is 30.8. The van der Waals surface area contributed by atoms with E-state index in [0.29, 0.717) is 42.1 Å². The Morgan fingerprint density at radius 2 is 1.93 bits per heavy atom. The van der Waals surface area contributed by atoms with Crippen molar-refractivity contribution < 1.29 is 27.4 Å². The van der Waals surface area contributed by atoms with E-state index in [4.69, 9.17) is 27.9 Å². The molecule has 0 amide bonds. The van der Waals surface area contributed by atoms with Crippen LogP contribution < -0.4 is 14.8 Å². The first-order valence-corrected chi connectivity index (χ1v) is 16.2. The Hall–Kier alpha value is -3.68. The second-order valence-corrected chi connectivity index (χ2v) is 12.8. The summed E-state index contributed by atoms with van der Waals surface area (Å²) >= 11 is 13.7. The van der Waals surface area contributed by atoms with Crippen molar-refractivity contribution in [3.05, 3.63) is 98.7 Å². The maximum absolute atomic E-state index is 15.0. The van der Waals surface area contributed by atoms with Gasteiger partial charge < -0.3 is 20.1 Å². The van der Waals surface area contributed by atoms with E-state index < -0.39 is 32.7 Å². The van der Waals surface area contributed by atoms with E-state index in [9.17, 15) is 22.7 Å². The summed E-state index contributed by atoms with van der Waals surface area (Å²) in [7, 11) is -4.28. The molecule has 0 aliphatic heterocycles. The molecule has 9 nitrogen and oxygen atoms in total. The molecule has 0 fully saturated rings. The van der Waals surface area contributed by atoms with Crippen LogP contribution in [0.5, 0.6) is 11.5 Å². The number of fused-ring (bicyclic) bond motifs is 1. The van der Waals surface area contributed by atoms with Gasteiger partial charge in [-0.05, 0) is 60.8 Å². The fraction of sp³-hybridized carbons (Fsp3) is 0.172. The van der Waals surface area contributed by atoms with Crippen molar-refractivity contribution in [2.75, 3.05) is 11.3 Å². The van der Waals surface area contributed by atoms with Gasteiger partial charge in [0, 0.05) is 40.0 Å². The highest BCUT2D eigenvalue weighted by Crippen LogP contribution is 2.36. The van der Waals surface area contributed by atoms with Gasteiger partial charge in [-0.25, -0.2) is 17.8 Å². The van der Waals surface area contributed by atoms with Gasteiger partial charge in [0.25, 0.3) is 10.0 Å². The highest BCUT2D eigenvalue weighted by atomic mass is 35.5. The second-order valence-electron chi connectivity index (χ2n) is 9.56. The number of para-hydroxylation sites is 1. The number of carbonyl (C=O) groups is 1. The lowest BCUT2D eigenvalue weighted by Crippen LogP contribution is -2.39. The number of rotatable bonds is 13. The molecule has 2 aromatic heterocycles. The number of anilines is 1. The number of hydrogen-bond acceptors (Lipinski definition) is 7. The summed E-state index contributed by atoms with van der Waals surface area (Å²) in [4.78, 5) is 18.3. The molecule has 0 aliphatic rings. The summed E-state index contributed by atoms with van der Waals surface area (Å²) in [5, 5.41) is 15.7. The van der Waals surface area contributed by atoms with Crippen LogP contribution >= 0.6 is 34.5 Å². The fourth-order valence-corrected chi connectivity index (χ4v) is 6.64. The molecule has 0 saturated heterocycles. The number of nitrogens with zero attached hydrogens (tertiary/aromatic N) is 1. The number of sulfonamides is 1. The fourth-order valence-electron chi connectivity index (χ4n) is 4.53. The average molecular weight is 664 g/mol. The molecule has 3 aromatic carbocycles. The molecule has 0 spiro atoms. The number of aryl methyl sites for hydroxylation is 1. The Labute approximate surface area is 260 Å². The molecule has 0 aliphatic carbocycles. The molecule has 0 unspecified atom stereocenters. The molecule has 1 atom stereocenters. The number of carboxylic acid groups (broad SMARTS) is 1. The lowest BCUT2D eigenvalue weighted by atomic mass is 10.0. The highest BCUT2D eigenvalue weighted by Gasteiger charge is 2.24. The van der Waals surface area contributed by atoms with Crippen LogP contribution in [0.15, 0.2) is 76.6 Å². The van der Waals surface area contributed by atoms with Gasteiger partial charge in [0.15, 0.2) is 5.82 Å². The normalized spacial score (nSPS) is 12.3. The number of thiazole rings is 1. The van der Waals surface area contributed by atoms with Crippen molar-refractivity contribution >= 4 is 67.3 Å². The van der Waals surface area contributed by atoms with Crippen LogP contribution in [0.25, 0.3) is 10.9 Å². The minimum Gasteiger partial charge on any atom is -0.480 e. The summed E-state index contributed by atoms with van der Waals surface area (Å²) in [5.41, 5.74) is 3.96. The molecule has 4 N–H and O–H groups in total. The van der Waals surface area contributed by atoms with Crippen LogP contribution in [0, 0.1) is 5.82 Å². The van der Waals surface area contributed by atoms with E-state index in [-0.39, 0.29) is 16.6 Å². The Balaban J connectivity index is 1.25. The number of aromatic nitrogens is 2. The smallest absolute Gasteiger partial charge is 0.321 e. The third-order valence-electron chi connectivity index (χ3n) is 6.60. The minimum atomic E-state index is -4.28. The molecule has 43 heavy (non-hydrogen) atoms. The zero-order valence-electron chi connectivity index (χ0n) is 22.3. The second kappa shape index (κ2) is 13.3. The molecule has 2 heterocycles. The number of carboxylic acids is 1. The van der Waals surface area contributed by atoms with E-state index in [1.54, 1.807) is 18.2 Å². The molecule has 5 rings (SSSR count). The molecular weight excluding hydrogens is 638 g/mol. The van der Waals surface area contributed by atoms with Crippen molar-refractivity contribution in [2.45, 2.75) is 30.2 Å². The van der Waals surface area contributed by atoms with Crippen LogP contribution in [0.2, 0.25) is 10.0 Å². The summed E-state index contributed by atoms with van der Waals surface area (Å²) in [5.74, 6) is -1.69. The zero-order chi connectivity index (χ0) is 30.6. The number of nitrogens with one attached hydrogen (secondary N) is 3. The number of hydrogen-bond donors (Lipinski definition) is 4. The van der Waals surface area contributed by atoms with Crippen molar-refractivity contribution in [3.63, 3.8) is 0 Å². The average Bonchev–Trinajstić information content (AvgIpc) is 3.62. The van der Waals surface area contributed by atoms with Crippen LogP contribution in [0.4, 0.5) is 10.2 Å². The molecule has 224 valence electrons. The Kier molecular flexibility index (Phi) is 9.52. The van der Waals surface area contributed by atoms with Crippen LogP contribution in [-0.4, -0.2) is 42.0 Å². The first-order chi connectivity index (χ1) is 20.6. The zero-order valence-corrected chi connectivity index (χ0v) is 25.5. The van der Waals surface area contributed by atoms with Gasteiger partial charge in [-0.3, -0.25) is 9.52 Å². The largest absolute Gasteiger partial charge is 0.480 e. The van der Waals surface area contributed by atoms with Crippen molar-refractivity contribution in [2.24, 2.45) is 0 Å². The van der Waals surface area contributed by atoms with E-state index in [1.807, 2.05) is 30.5 Å². The van der Waals surface area contributed by atoms with Crippen LogP contribution in [0.3, 0.4) is 0 Å². The van der Waals surface area contributed by atoms with Gasteiger partial charge in [0.2, 0.25) is 0 Å². The van der Waals surface area contributed by atoms with Crippen molar-refractivity contribution in [1.29, 1.82) is 0 Å². The van der Waals surface area contributed by atoms with Crippen molar-refractivity contribution in [3.8, 4) is 11.5 Å². The highest BCUT2D eigenvalue weighted by molar-refractivity contribution is 7.92. The number of H-pyrrole nitrogens is 1. The van der Waals surface area contributed by atoms with E-state index in [2.05, 4.69) is 20.0 Å². The summed E-state index contributed by atoms with van der Waals surface area (Å²) in [6.45, 7) is 0.388. The van der Waals surface area contributed by atoms with Gasteiger partial charge in [-0.1, -0.05) is 41.4 Å². The van der Waals surface area contributed by atoms with E-state index in [0.717, 1.165) is 28.6 Å². The van der Waals surface area contributed by atoms with Crippen LogP contribution in [-0.2, 0) is 27.7 Å². The minimum absolute atomic E-state index is 0.0637. The monoisotopic (exact) mass is 662 g/mol. The maximum atomic E-state index is 15.0. The summed E-state index contributed by atoms with van der Waals surface area (Å²) in [6.07, 6.45) is 3.12. The number of aromatic amines is 1. The molecule has 0 bridgehead atoms. The predicted molar refractivity (Wildman–Crippen MR) is 166 cm³/mol. The first-order valence-electron chi connectivity index (χ1n) is 13.0. The Morgan fingerprint density at radius 1 is 1.12 bits per heavy atom. The quantitative estimate of drug-likeness (QED) is 0.101. The lowest BCUT2D eigenvalue weighted by Gasteiger charge is -2.16. The molecule has 0 radical (unpaired) electrons. The van der Waals surface area contributed by atoms with Gasteiger partial charge in [-0.15, -0.1) is 11.3 Å². The van der Waals surface area contributed by atoms with Crippen molar-refractivity contribution in [1.82, 2.24) is 15.3 Å².